The number of hydrogen-bond acceptors (Lipinski definition) is 5. The Morgan fingerprint density at radius 3 is 2.92 bits per heavy atom. The molecule has 24 heavy (non-hydrogen) atoms. The fourth-order valence-electron chi connectivity index (χ4n) is 3.11. The van der Waals surface area contributed by atoms with Crippen LogP contribution in [0.3, 0.4) is 0 Å². The first-order valence-electron chi connectivity index (χ1n) is 8.15. The highest BCUT2D eigenvalue weighted by atomic mass is 19.1. The number of rotatable bonds is 6. The summed E-state index contributed by atoms with van der Waals surface area (Å²) in [7, 11) is 1.85. The normalized spacial score (nSPS) is 21.3. The zero-order valence-electron chi connectivity index (χ0n) is 13.9. The Hall–Kier alpha value is -2.09. The zero-order chi connectivity index (χ0) is 17.1. The summed E-state index contributed by atoms with van der Waals surface area (Å²) in [5.41, 5.74) is 1.42. The van der Waals surface area contributed by atoms with E-state index < -0.39 is 12.0 Å². The fraction of sp³-hybridized carbons (Fsp3) is 0.562. The summed E-state index contributed by atoms with van der Waals surface area (Å²) >= 11 is 0. The molecule has 1 aliphatic rings. The number of alkyl halides is 1. The van der Waals surface area contributed by atoms with E-state index >= 15 is 0 Å². The van der Waals surface area contributed by atoms with Gasteiger partial charge >= 0.3 is 0 Å². The minimum atomic E-state index is -0.866. The van der Waals surface area contributed by atoms with Gasteiger partial charge in [0.25, 0.3) is 0 Å². The zero-order valence-corrected chi connectivity index (χ0v) is 13.9. The van der Waals surface area contributed by atoms with Gasteiger partial charge in [0, 0.05) is 44.5 Å². The Kier molecular flexibility index (Phi) is 5.03. The second-order valence-corrected chi connectivity index (χ2v) is 6.16. The van der Waals surface area contributed by atoms with E-state index in [0.29, 0.717) is 38.2 Å². The first-order chi connectivity index (χ1) is 11.6. The van der Waals surface area contributed by atoms with Crippen molar-refractivity contribution in [1.29, 1.82) is 0 Å². The van der Waals surface area contributed by atoms with Crippen molar-refractivity contribution in [3.8, 4) is 0 Å². The van der Waals surface area contributed by atoms with Crippen LogP contribution < -0.4 is 5.32 Å². The monoisotopic (exact) mass is 336 g/mol. The molecule has 1 N–H and O–H groups in total. The number of halogens is 2. The molecule has 8 heteroatoms. The lowest BCUT2D eigenvalue weighted by Crippen LogP contribution is -2.34. The molecular weight excluding hydrogens is 314 g/mol. The summed E-state index contributed by atoms with van der Waals surface area (Å²) in [6, 6.07) is -0.0142. The lowest BCUT2D eigenvalue weighted by Gasteiger charge is -2.24. The molecule has 3 heterocycles. The second-order valence-electron chi connectivity index (χ2n) is 6.16. The molecule has 0 saturated carbocycles. The van der Waals surface area contributed by atoms with Crippen LogP contribution in [-0.4, -0.2) is 50.0 Å². The molecule has 0 radical (unpaired) electrons. The number of aryl methyl sites for hydroxylation is 2. The summed E-state index contributed by atoms with van der Waals surface area (Å²) in [6.07, 6.45) is 5.13. The summed E-state index contributed by atoms with van der Waals surface area (Å²) in [5.74, 6) is -0.237. The number of anilines is 1. The van der Waals surface area contributed by atoms with Crippen LogP contribution in [0.2, 0.25) is 0 Å². The highest BCUT2D eigenvalue weighted by Crippen LogP contribution is 2.23. The summed E-state index contributed by atoms with van der Waals surface area (Å²) in [5, 5.41) is 7.16. The van der Waals surface area contributed by atoms with Crippen LogP contribution in [0.15, 0.2) is 18.7 Å². The first-order valence-corrected chi connectivity index (χ1v) is 8.15. The lowest BCUT2D eigenvalue weighted by atomic mass is 10.2. The van der Waals surface area contributed by atoms with Crippen molar-refractivity contribution in [2.24, 2.45) is 7.05 Å². The average molecular weight is 336 g/mol. The molecule has 1 saturated heterocycles. The molecule has 6 nitrogen and oxygen atoms in total. The van der Waals surface area contributed by atoms with Crippen LogP contribution in [0.4, 0.5) is 14.6 Å². The Morgan fingerprint density at radius 2 is 2.21 bits per heavy atom. The number of nitrogens with one attached hydrogen (secondary N) is 1. The molecule has 0 bridgehead atoms. The van der Waals surface area contributed by atoms with Crippen LogP contribution in [0.25, 0.3) is 0 Å². The van der Waals surface area contributed by atoms with Gasteiger partial charge in [-0.2, -0.15) is 5.10 Å². The van der Waals surface area contributed by atoms with Crippen LogP contribution in [0.1, 0.15) is 24.6 Å². The van der Waals surface area contributed by atoms with E-state index in [2.05, 4.69) is 25.3 Å². The van der Waals surface area contributed by atoms with E-state index in [1.807, 2.05) is 20.2 Å². The lowest BCUT2D eigenvalue weighted by molar-refractivity contribution is 0.241. The van der Waals surface area contributed by atoms with E-state index in [1.165, 1.54) is 6.33 Å². The largest absolute Gasteiger partial charge is 0.366 e. The van der Waals surface area contributed by atoms with Gasteiger partial charge in [-0.3, -0.25) is 9.58 Å². The van der Waals surface area contributed by atoms with Crippen LogP contribution >= 0.6 is 0 Å². The van der Waals surface area contributed by atoms with Crippen molar-refractivity contribution in [1.82, 2.24) is 24.6 Å². The topological polar surface area (TPSA) is 58.9 Å². The molecule has 130 valence electrons. The van der Waals surface area contributed by atoms with Crippen molar-refractivity contribution in [3.05, 3.63) is 35.8 Å². The van der Waals surface area contributed by atoms with Crippen molar-refractivity contribution in [2.45, 2.75) is 38.5 Å². The van der Waals surface area contributed by atoms with Gasteiger partial charge in [0.2, 0.25) is 0 Å². The van der Waals surface area contributed by atoms with Gasteiger partial charge in [-0.25, -0.2) is 18.7 Å². The molecular formula is C16H22F2N6. The minimum absolute atomic E-state index is 0.0142. The molecule has 0 amide bonds. The van der Waals surface area contributed by atoms with Gasteiger partial charge in [0.1, 0.15) is 12.5 Å². The fourth-order valence-corrected chi connectivity index (χ4v) is 3.11. The molecule has 0 unspecified atom stereocenters. The van der Waals surface area contributed by atoms with Crippen LogP contribution in [0.5, 0.6) is 0 Å². The number of hydrogen-bond donors (Lipinski definition) is 1. The molecule has 3 rings (SSSR count). The number of nitrogens with zero attached hydrogens (tertiary/aromatic N) is 5. The predicted molar refractivity (Wildman–Crippen MR) is 86.8 cm³/mol. The molecule has 2 aromatic rings. The van der Waals surface area contributed by atoms with Gasteiger partial charge in [-0.15, -0.1) is 0 Å². The Bertz CT molecular complexity index is 689. The highest BCUT2D eigenvalue weighted by Gasteiger charge is 2.32. The predicted octanol–water partition coefficient (Wildman–Crippen LogP) is 1.94. The summed E-state index contributed by atoms with van der Waals surface area (Å²) < 4.78 is 29.8. The molecule has 1 aliphatic heterocycles. The number of aromatic nitrogens is 4. The van der Waals surface area contributed by atoms with E-state index in [1.54, 1.807) is 10.9 Å². The first kappa shape index (κ1) is 16.8. The second kappa shape index (κ2) is 7.21. The maximum absolute atomic E-state index is 14.2. The third-order valence-corrected chi connectivity index (χ3v) is 4.32. The Balaban J connectivity index is 1.64. The summed E-state index contributed by atoms with van der Waals surface area (Å²) in [6.45, 7) is 3.30. The minimum Gasteiger partial charge on any atom is -0.366 e. The van der Waals surface area contributed by atoms with Crippen molar-refractivity contribution >= 4 is 5.82 Å². The molecule has 1 fully saturated rings. The Labute approximate surface area is 139 Å². The Morgan fingerprint density at radius 1 is 1.38 bits per heavy atom. The number of likely N-dealkylation sites (tertiary alicyclic amines) is 1. The third kappa shape index (κ3) is 3.69. The smallest absolute Gasteiger partial charge is 0.186 e. The summed E-state index contributed by atoms with van der Waals surface area (Å²) in [4.78, 5) is 9.94. The maximum atomic E-state index is 14.2. The molecule has 0 aromatic carbocycles. The SMILES string of the molecule is CCc1ncnc(NC[C@@H]2C[C@H](F)CN2Cc2cnn(C)c2)c1F. The average Bonchev–Trinajstić information content (AvgIpc) is 3.12. The van der Waals surface area contributed by atoms with E-state index in [9.17, 15) is 8.78 Å². The van der Waals surface area contributed by atoms with Gasteiger partial charge < -0.3 is 5.32 Å². The van der Waals surface area contributed by atoms with Crippen LogP contribution in [0, 0.1) is 5.82 Å². The van der Waals surface area contributed by atoms with Crippen molar-refractivity contribution in [3.63, 3.8) is 0 Å². The quantitative estimate of drug-likeness (QED) is 0.874. The maximum Gasteiger partial charge on any atom is 0.186 e. The molecule has 0 aliphatic carbocycles. The van der Waals surface area contributed by atoms with Gasteiger partial charge in [-0.1, -0.05) is 6.92 Å². The van der Waals surface area contributed by atoms with Crippen molar-refractivity contribution < 1.29 is 8.78 Å². The van der Waals surface area contributed by atoms with Crippen LogP contribution in [-0.2, 0) is 20.0 Å². The molecule has 2 atom stereocenters. The van der Waals surface area contributed by atoms with E-state index in [-0.39, 0.29) is 11.9 Å². The van der Waals surface area contributed by atoms with Gasteiger partial charge in [0.15, 0.2) is 11.6 Å². The van der Waals surface area contributed by atoms with E-state index in [4.69, 9.17) is 0 Å². The standard InChI is InChI=1S/C16H22F2N6/c1-3-14-15(18)16(21-10-20-14)19-6-13-4-12(17)9-24(13)8-11-5-22-23(2)7-11/h5,7,10,12-13H,3-4,6,8-9H2,1-2H3,(H,19,20,21)/t12-,13-/m0/s1. The van der Waals surface area contributed by atoms with E-state index in [0.717, 1.165) is 5.56 Å². The van der Waals surface area contributed by atoms with Gasteiger partial charge in [0.05, 0.1) is 11.9 Å². The molecule has 0 spiro atoms. The third-order valence-electron chi connectivity index (χ3n) is 4.32. The molecule has 2 aromatic heterocycles. The highest BCUT2D eigenvalue weighted by molar-refractivity contribution is 5.37. The van der Waals surface area contributed by atoms with Crippen molar-refractivity contribution in [2.75, 3.05) is 18.4 Å². The van der Waals surface area contributed by atoms with Gasteiger partial charge in [-0.05, 0) is 12.8 Å².